The van der Waals surface area contributed by atoms with Crippen molar-refractivity contribution >= 4 is 12.6 Å². The molecule has 2 aromatic rings. The summed E-state index contributed by atoms with van der Waals surface area (Å²) in [6, 6.07) is -1.30. The molecule has 3 heterocycles. The summed E-state index contributed by atoms with van der Waals surface area (Å²) in [7, 11) is -1.05. The van der Waals surface area contributed by atoms with Crippen molar-refractivity contribution in [1.29, 1.82) is 0 Å². The predicted molar refractivity (Wildman–Crippen MR) is 81.8 cm³/mol. The standard InChI is InChI=1S/C15H20BN3O2/c1-11-6-7-13(17-8-11)19-10-12(9-18-19)16-20-14(2,3)15(4,5)21-16/h6-10H,1-5H3/i1D3,6D,7D,8D,9D,10D. The molecule has 2 aromatic heterocycles. The lowest BCUT2D eigenvalue weighted by Gasteiger charge is -2.32. The van der Waals surface area contributed by atoms with Crippen LogP contribution in [0.4, 0.5) is 0 Å². The van der Waals surface area contributed by atoms with Crippen LogP contribution in [0, 0.1) is 6.85 Å². The smallest absolute Gasteiger partial charge is 0.399 e. The fourth-order valence-corrected chi connectivity index (χ4v) is 1.82. The van der Waals surface area contributed by atoms with Crippen LogP contribution in [0.15, 0.2) is 30.6 Å². The fraction of sp³-hybridized carbons (Fsp3) is 0.467. The Bertz CT molecular complexity index is 973. The topological polar surface area (TPSA) is 49.2 Å². The van der Waals surface area contributed by atoms with Gasteiger partial charge in [0.25, 0.3) is 0 Å². The van der Waals surface area contributed by atoms with Gasteiger partial charge in [0.2, 0.25) is 0 Å². The Hall–Kier alpha value is -1.66. The van der Waals surface area contributed by atoms with Crippen molar-refractivity contribution in [3.8, 4) is 5.82 Å². The van der Waals surface area contributed by atoms with Gasteiger partial charge < -0.3 is 9.31 Å². The monoisotopic (exact) mass is 293 g/mol. The van der Waals surface area contributed by atoms with E-state index in [0.717, 1.165) is 4.68 Å². The average molecular weight is 293 g/mol. The lowest BCUT2D eigenvalue weighted by Crippen LogP contribution is -2.41. The van der Waals surface area contributed by atoms with Crippen LogP contribution in [0.3, 0.4) is 0 Å². The molecule has 21 heavy (non-hydrogen) atoms. The number of aromatic nitrogens is 3. The summed E-state index contributed by atoms with van der Waals surface area (Å²) >= 11 is 0. The molecule has 0 saturated carbocycles. The summed E-state index contributed by atoms with van der Waals surface area (Å²) in [5.74, 6) is -0.380. The van der Waals surface area contributed by atoms with Gasteiger partial charge in [-0.25, -0.2) is 9.67 Å². The molecular weight excluding hydrogens is 265 g/mol. The first-order valence-electron chi connectivity index (χ1n) is 10.5. The molecule has 6 heteroatoms. The number of pyridine rings is 1. The van der Waals surface area contributed by atoms with E-state index in [4.69, 9.17) is 20.3 Å². The van der Waals surface area contributed by atoms with Crippen LogP contribution in [0.2, 0.25) is 0 Å². The second kappa shape index (κ2) is 4.68. The molecule has 0 unspecified atom stereocenters. The Kier molecular flexibility index (Phi) is 1.68. The molecule has 0 bridgehead atoms. The van der Waals surface area contributed by atoms with E-state index in [0.29, 0.717) is 0 Å². The van der Waals surface area contributed by atoms with E-state index in [1.54, 1.807) is 0 Å². The third-order valence-corrected chi connectivity index (χ3v) is 3.76. The summed E-state index contributed by atoms with van der Waals surface area (Å²) in [6.07, 6.45) is -1.40. The van der Waals surface area contributed by atoms with Gasteiger partial charge in [-0.1, -0.05) is 6.04 Å². The second-order valence-corrected chi connectivity index (χ2v) is 5.81. The van der Waals surface area contributed by atoms with Gasteiger partial charge >= 0.3 is 7.12 Å². The van der Waals surface area contributed by atoms with Crippen molar-refractivity contribution in [2.24, 2.45) is 0 Å². The second-order valence-electron chi connectivity index (χ2n) is 5.81. The Morgan fingerprint density at radius 2 is 1.90 bits per heavy atom. The minimum absolute atomic E-state index is 0.0165. The van der Waals surface area contributed by atoms with Crippen molar-refractivity contribution in [1.82, 2.24) is 14.8 Å². The summed E-state index contributed by atoms with van der Waals surface area (Å²) in [6.45, 7) is 4.50. The highest BCUT2D eigenvalue weighted by atomic mass is 16.7. The third-order valence-electron chi connectivity index (χ3n) is 3.76. The molecule has 0 aliphatic carbocycles. The number of rotatable bonds is 2. The molecule has 0 aromatic carbocycles. The molecule has 0 spiro atoms. The number of nitrogens with zero attached hydrogens (tertiary/aromatic N) is 3. The zero-order chi connectivity index (χ0) is 22.1. The van der Waals surface area contributed by atoms with E-state index in [-0.39, 0.29) is 23.6 Å². The Balaban J connectivity index is 2.13. The lowest BCUT2D eigenvalue weighted by atomic mass is 9.82. The maximum Gasteiger partial charge on any atom is 0.498 e. The van der Waals surface area contributed by atoms with Gasteiger partial charge in [-0.3, -0.25) is 0 Å². The molecule has 1 fully saturated rings. The largest absolute Gasteiger partial charge is 0.498 e. The zero-order valence-corrected chi connectivity index (χ0v) is 12.2. The Morgan fingerprint density at radius 1 is 1.19 bits per heavy atom. The molecule has 5 nitrogen and oxygen atoms in total. The predicted octanol–water partition coefficient (Wildman–Crippen LogP) is 1.87. The van der Waals surface area contributed by atoms with Crippen molar-refractivity contribution < 1.29 is 20.3 Å². The van der Waals surface area contributed by atoms with Crippen LogP contribution in [-0.2, 0) is 9.31 Å². The molecule has 1 saturated heterocycles. The van der Waals surface area contributed by atoms with E-state index >= 15 is 0 Å². The minimum Gasteiger partial charge on any atom is -0.399 e. The Morgan fingerprint density at radius 3 is 2.57 bits per heavy atom. The van der Waals surface area contributed by atoms with Crippen molar-refractivity contribution in [3.63, 3.8) is 0 Å². The van der Waals surface area contributed by atoms with Gasteiger partial charge in [0, 0.05) is 28.1 Å². The van der Waals surface area contributed by atoms with Gasteiger partial charge in [-0.2, -0.15) is 5.10 Å². The van der Waals surface area contributed by atoms with Crippen LogP contribution in [0.25, 0.3) is 5.82 Å². The molecule has 0 radical (unpaired) electrons. The van der Waals surface area contributed by atoms with E-state index in [2.05, 4.69) is 10.1 Å². The van der Waals surface area contributed by atoms with E-state index in [1.807, 2.05) is 27.7 Å². The van der Waals surface area contributed by atoms with Crippen LogP contribution in [0.1, 0.15) is 44.2 Å². The summed E-state index contributed by atoms with van der Waals surface area (Å²) in [5, 5.41) is 3.90. The van der Waals surface area contributed by atoms with Gasteiger partial charge in [0.1, 0.15) is 0 Å². The average Bonchev–Trinajstić information content (AvgIpc) is 2.93. The molecule has 0 atom stereocenters. The fourth-order valence-electron chi connectivity index (χ4n) is 1.82. The van der Waals surface area contributed by atoms with E-state index < -0.39 is 49.0 Å². The maximum atomic E-state index is 8.41. The molecule has 1 aliphatic rings. The molecule has 0 amide bonds. The van der Waals surface area contributed by atoms with Gasteiger partial charge in [-0.15, -0.1) is 0 Å². The van der Waals surface area contributed by atoms with Gasteiger partial charge in [0.05, 0.1) is 18.1 Å². The summed E-state index contributed by atoms with van der Waals surface area (Å²) in [5.41, 5.74) is -2.05. The maximum absolute atomic E-state index is 8.41. The first-order valence-corrected chi connectivity index (χ1v) is 6.49. The summed E-state index contributed by atoms with van der Waals surface area (Å²) in [4.78, 5) is 3.78. The van der Waals surface area contributed by atoms with Crippen LogP contribution >= 0.6 is 0 Å². The first kappa shape index (κ1) is 7.56. The van der Waals surface area contributed by atoms with E-state index in [1.165, 1.54) is 0 Å². The minimum atomic E-state index is -2.78. The highest BCUT2D eigenvalue weighted by Crippen LogP contribution is 2.36. The lowest BCUT2D eigenvalue weighted by molar-refractivity contribution is 0.00578. The molecule has 0 N–H and O–H groups in total. The van der Waals surface area contributed by atoms with Gasteiger partial charge in [-0.05, 0) is 46.2 Å². The highest BCUT2D eigenvalue weighted by Gasteiger charge is 2.52. The van der Waals surface area contributed by atoms with Crippen molar-refractivity contribution in [2.75, 3.05) is 0 Å². The third kappa shape index (κ3) is 2.49. The zero-order valence-electron chi connectivity index (χ0n) is 20.2. The molecule has 1 aliphatic heterocycles. The normalized spacial score (nSPS) is 26.0. The van der Waals surface area contributed by atoms with Gasteiger partial charge in [0.15, 0.2) is 5.82 Å². The van der Waals surface area contributed by atoms with Crippen LogP contribution < -0.4 is 5.46 Å². The molecule has 110 valence electrons. The first-order chi connectivity index (χ1) is 13.1. The van der Waals surface area contributed by atoms with Crippen molar-refractivity contribution in [3.05, 3.63) is 36.2 Å². The number of hydrogen-bond donors (Lipinski definition) is 0. The van der Waals surface area contributed by atoms with Crippen LogP contribution in [0.5, 0.6) is 0 Å². The van der Waals surface area contributed by atoms with Crippen molar-refractivity contribution in [2.45, 2.75) is 45.7 Å². The summed E-state index contributed by atoms with van der Waals surface area (Å²) < 4.78 is 75.4. The SMILES string of the molecule is [2H]c1nn(-c2nc([2H])c(C([2H])([2H])[2H])c([2H])c2[2H])c([2H])c1B1OC(C)(C)C(C)(C)O1. The quantitative estimate of drug-likeness (QED) is 0.793. The molecular formula is C15H20BN3O2. The van der Waals surface area contributed by atoms with Crippen LogP contribution in [-0.4, -0.2) is 33.1 Å². The van der Waals surface area contributed by atoms with E-state index in [9.17, 15) is 0 Å². The highest BCUT2D eigenvalue weighted by molar-refractivity contribution is 6.62. The Labute approximate surface area is 136 Å². The number of hydrogen-bond acceptors (Lipinski definition) is 4. The molecule has 3 rings (SSSR count).